The highest BCUT2D eigenvalue weighted by Gasteiger charge is 2.20. The summed E-state index contributed by atoms with van der Waals surface area (Å²) in [6.45, 7) is 16.1. The van der Waals surface area contributed by atoms with Crippen LogP contribution in [0.15, 0.2) is 0 Å². The van der Waals surface area contributed by atoms with Gasteiger partial charge >= 0.3 is 0 Å². The Morgan fingerprint density at radius 3 is 2.15 bits per heavy atom. The molecule has 4 nitrogen and oxygen atoms in total. The minimum atomic E-state index is 0.328. The molecule has 1 heterocycles. The first-order valence-electron chi connectivity index (χ1n) is 7.64. The lowest BCUT2D eigenvalue weighted by atomic mass is 10.0. The van der Waals surface area contributed by atoms with Crippen LogP contribution in [0.25, 0.3) is 0 Å². The van der Waals surface area contributed by atoms with Crippen LogP contribution in [0.4, 0.5) is 11.6 Å². The van der Waals surface area contributed by atoms with E-state index >= 15 is 0 Å². The SMILES string of the molecule is CCNc1nc(C(C)C)nc(N(C)C(C)C(C)C)c1C. The molecule has 1 rings (SSSR count). The molecule has 0 amide bonds. The number of aromatic nitrogens is 2. The van der Waals surface area contributed by atoms with Crippen LogP contribution in [0.1, 0.15) is 58.8 Å². The molecular weight excluding hydrogens is 248 g/mol. The summed E-state index contributed by atoms with van der Waals surface area (Å²) in [6.07, 6.45) is 0. The van der Waals surface area contributed by atoms with Gasteiger partial charge in [-0.2, -0.15) is 0 Å². The van der Waals surface area contributed by atoms with Crippen molar-refractivity contribution in [3.63, 3.8) is 0 Å². The molecule has 0 bridgehead atoms. The van der Waals surface area contributed by atoms with E-state index in [-0.39, 0.29) is 0 Å². The zero-order valence-corrected chi connectivity index (χ0v) is 14.3. The highest BCUT2D eigenvalue weighted by atomic mass is 15.2. The molecule has 114 valence electrons. The molecule has 0 spiro atoms. The fraction of sp³-hybridized carbons (Fsp3) is 0.750. The molecule has 1 unspecified atom stereocenters. The van der Waals surface area contributed by atoms with Crippen molar-refractivity contribution in [3.8, 4) is 0 Å². The zero-order valence-electron chi connectivity index (χ0n) is 14.3. The number of hydrogen-bond donors (Lipinski definition) is 1. The van der Waals surface area contributed by atoms with Crippen LogP contribution >= 0.6 is 0 Å². The van der Waals surface area contributed by atoms with Crippen LogP contribution in [-0.2, 0) is 0 Å². The second kappa shape index (κ2) is 6.91. The van der Waals surface area contributed by atoms with Crippen LogP contribution in [0, 0.1) is 12.8 Å². The number of nitrogens with zero attached hydrogens (tertiary/aromatic N) is 3. The summed E-state index contributed by atoms with van der Waals surface area (Å²) in [5, 5.41) is 3.36. The predicted octanol–water partition coefficient (Wildman–Crippen LogP) is 3.82. The van der Waals surface area contributed by atoms with Crippen LogP contribution in [0.2, 0.25) is 0 Å². The Labute approximate surface area is 124 Å². The Morgan fingerprint density at radius 1 is 1.10 bits per heavy atom. The predicted molar refractivity (Wildman–Crippen MR) is 87.7 cm³/mol. The second-order valence-corrected chi connectivity index (χ2v) is 6.16. The average molecular weight is 278 g/mol. The molecule has 0 aliphatic rings. The maximum Gasteiger partial charge on any atom is 0.137 e. The summed E-state index contributed by atoms with van der Waals surface area (Å²) in [5.74, 6) is 3.82. The van der Waals surface area contributed by atoms with Crippen molar-refractivity contribution in [1.29, 1.82) is 0 Å². The molecular formula is C16H30N4. The third-order valence-electron chi connectivity index (χ3n) is 3.91. The Bertz CT molecular complexity index is 440. The minimum Gasteiger partial charge on any atom is -0.370 e. The Kier molecular flexibility index (Phi) is 5.78. The van der Waals surface area contributed by atoms with Gasteiger partial charge in [-0.1, -0.05) is 27.7 Å². The van der Waals surface area contributed by atoms with Gasteiger partial charge in [0.1, 0.15) is 17.5 Å². The van der Waals surface area contributed by atoms with Crippen molar-refractivity contribution in [2.24, 2.45) is 5.92 Å². The summed E-state index contributed by atoms with van der Waals surface area (Å²) in [4.78, 5) is 11.7. The van der Waals surface area contributed by atoms with Crippen LogP contribution in [0.5, 0.6) is 0 Å². The van der Waals surface area contributed by atoms with E-state index in [9.17, 15) is 0 Å². The van der Waals surface area contributed by atoms with Gasteiger partial charge in [0.25, 0.3) is 0 Å². The van der Waals surface area contributed by atoms with Gasteiger partial charge in [0.15, 0.2) is 0 Å². The first kappa shape index (κ1) is 16.7. The van der Waals surface area contributed by atoms with Crippen LogP contribution in [-0.4, -0.2) is 29.6 Å². The van der Waals surface area contributed by atoms with E-state index in [4.69, 9.17) is 4.98 Å². The summed E-state index contributed by atoms with van der Waals surface area (Å²) in [7, 11) is 2.12. The van der Waals surface area contributed by atoms with E-state index in [0.29, 0.717) is 17.9 Å². The summed E-state index contributed by atoms with van der Waals surface area (Å²) in [5.41, 5.74) is 1.13. The normalized spacial score (nSPS) is 12.9. The first-order chi connectivity index (χ1) is 9.29. The smallest absolute Gasteiger partial charge is 0.137 e. The zero-order chi connectivity index (χ0) is 15.4. The molecule has 0 aliphatic carbocycles. The quantitative estimate of drug-likeness (QED) is 0.859. The van der Waals surface area contributed by atoms with Gasteiger partial charge < -0.3 is 10.2 Å². The molecule has 0 saturated carbocycles. The van der Waals surface area contributed by atoms with Gasteiger partial charge in [0.2, 0.25) is 0 Å². The molecule has 0 saturated heterocycles. The first-order valence-corrected chi connectivity index (χ1v) is 7.64. The highest BCUT2D eigenvalue weighted by molar-refractivity contribution is 5.59. The summed E-state index contributed by atoms with van der Waals surface area (Å²) < 4.78 is 0. The van der Waals surface area contributed by atoms with Gasteiger partial charge in [0, 0.05) is 31.1 Å². The maximum atomic E-state index is 4.79. The Balaban J connectivity index is 3.29. The molecule has 0 aliphatic heterocycles. The lowest BCUT2D eigenvalue weighted by Crippen LogP contribution is -2.34. The van der Waals surface area contributed by atoms with E-state index in [1.54, 1.807) is 0 Å². The molecule has 1 aromatic rings. The largest absolute Gasteiger partial charge is 0.370 e. The van der Waals surface area contributed by atoms with E-state index in [1.165, 1.54) is 0 Å². The van der Waals surface area contributed by atoms with Gasteiger partial charge in [-0.3, -0.25) is 0 Å². The average Bonchev–Trinajstić information content (AvgIpc) is 2.39. The second-order valence-electron chi connectivity index (χ2n) is 6.16. The van der Waals surface area contributed by atoms with Gasteiger partial charge in [0.05, 0.1) is 0 Å². The van der Waals surface area contributed by atoms with Crippen LogP contribution in [0.3, 0.4) is 0 Å². The molecule has 1 aromatic heterocycles. The molecule has 1 N–H and O–H groups in total. The van der Waals surface area contributed by atoms with Crippen molar-refractivity contribution < 1.29 is 0 Å². The van der Waals surface area contributed by atoms with Crippen molar-refractivity contribution >= 4 is 11.6 Å². The summed E-state index contributed by atoms with van der Waals surface area (Å²) >= 11 is 0. The van der Waals surface area contributed by atoms with Crippen molar-refractivity contribution in [2.45, 2.75) is 60.4 Å². The fourth-order valence-electron chi connectivity index (χ4n) is 2.10. The van der Waals surface area contributed by atoms with Gasteiger partial charge in [-0.25, -0.2) is 9.97 Å². The minimum absolute atomic E-state index is 0.328. The number of anilines is 2. The fourth-order valence-corrected chi connectivity index (χ4v) is 2.10. The van der Waals surface area contributed by atoms with E-state index in [0.717, 1.165) is 29.6 Å². The van der Waals surface area contributed by atoms with Gasteiger partial charge in [-0.05, 0) is 26.7 Å². The molecule has 0 radical (unpaired) electrons. The Hall–Kier alpha value is -1.32. The molecule has 20 heavy (non-hydrogen) atoms. The topological polar surface area (TPSA) is 41.1 Å². The van der Waals surface area contributed by atoms with E-state index in [1.807, 2.05) is 0 Å². The van der Waals surface area contributed by atoms with Gasteiger partial charge in [-0.15, -0.1) is 0 Å². The molecule has 4 heteroatoms. The van der Waals surface area contributed by atoms with Crippen molar-refractivity contribution in [3.05, 3.63) is 11.4 Å². The number of rotatable bonds is 6. The van der Waals surface area contributed by atoms with Crippen LogP contribution < -0.4 is 10.2 Å². The number of nitrogens with one attached hydrogen (secondary N) is 1. The monoisotopic (exact) mass is 278 g/mol. The van der Waals surface area contributed by atoms with E-state index < -0.39 is 0 Å². The van der Waals surface area contributed by atoms with Crippen molar-refractivity contribution in [1.82, 2.24) is 9.97 Å². The third-order valence-corrected chi connectivity index (χ3v) is 3.91. The third kappa shape index (κ3) is 3.62. The lowest BCUT2D eigenvalue weighted by Gasteiger charge is -2.31. The standard InChI is InChI=1S/C16H30N4/c1-9-17-15-12(6)16(19-14(18-15)11(4)5)20(8)13(7)10(2)3/h10-11,13H,9H2,1-8H3,(H,17,18,19). The molecule has 0 aromatic carbocycles. The lowest BCUT2D eigenvalue weighted by molar-refractivity contribution is 0.501. The molecule has 0 fully saturated rings. The maximum absolute atomic E-state index is 4.79. The number of hydrogen-bond acceptors (Lipinski definition) is 4. The summed E-state index contributed by atoms with van der Waals surface area (Å²) in [6, 6.07) is 0.443. The molecule has 1 atom stereocenters. The van der Waals surface area contributed by atoms with E-state index in [2.05, 4.69) is 70.7 Å². The highest BCUT2D eigenvalue weighted by Crippen LogP contribution is 2.27. The van der Waals surface area contributed by atoms with Crippen molar-refractivity contribution in [2.75, 3.05) is 23.8 Å². The Morgan fingerprint density at radius 2 is 1.70 bits per heavy atom.